The summed E-state index contributed by atoms with van der Waals surface area (Å²) >= 11 is 0. The molecule has 0 fully saturated rings. The van der Waals surface area contributed by atoms with Crippen LogP contribution >= 0.6 is 0 Å². The molecule has 0 amide bonds. The fourth-order valence-corrected chi connectivity index (χ4v) is 2.35. The normalized spacial score (nSPS) is 11.1. The lowest BCUT2D eigenvalue weighted by Gasteiger charge is -2.03. The molecule has 0 aliphatic rings. The molecule has 0 atom stereocenters. The Morgan fingerprint density at radius 2 is 2.05 bits per heavy atom. The van der Waals surface area contributed by atoms with Crippen molar-refractivity contribution in [3.05, 3.63) is 29.5 Å². The van der Waals surface area contributed by atoms with E-state index in [0.29, 0.717) is 0 Å². The summed E-state index contributed by atoms with van der Waals surface area (Å²) in [6.45, 7) is 6.20. The Morgan fingerprint density at radius 3 is 2.74 bits per heavy atom. The minimum absolute atomic E-state index is 0.806. The van der Waals surface area contributed by atoms with Gasteiger partial charge < -0.3 is 14.5 Å². The lowest BCUT2D eigenvalue weighted by atomic mass is 10.1. The average molecular weight is 261 g/mol. The van der Waals surface area contributed by atoms with Gasteiger partial charge >= 0.3 is 0 Å². The van der Waals surface area contributed by atoms with E-state index in [0.717, 1.165) is 49.4 Å². The Kier molecular flexibility index (Phi) is 4.86. The van der Waals surface area contributed by atoms with Crippen LogP contribution in [0.4, 0.5) is 0 Å². The van der Waals surface area contributed by atoms with Crippen molar-refractivity contribution in [3.63, 3.8) is 0 Å². The maximum atomic E-state index is 6.00. The van der Waals surface area contributed by atoms with Crippen molar-refractivity contribution in [1.82, 2.24) is 5.32 Å². The zero-order chi connectivity index (χ0) is 13.7. The van der Waals surface area contributed by atoms with E-state index in [-0.39, 0.29) is 0 Å². The van der Waals surface area contributed by atoms with Crippen LogP contribution in [-0.4, -0.2) is 13.7 Å². The van der Waals surface area contributed by atoms with Crippen LogP contribution < -0.4 is 10.1 Å². The minimum atomic E-state index is 0.806. The zero-order valence-corrected chi connectivity index (χ0v) is 12.1. The maximum absolute atomic E-state index is 6.00. The first-order valence-electron chi connectivity index (χ1n) is 7.09. The van der Waals surface area contributed by atoms with Crippen LogP contribution in [0.2, 0.25) is 0 Å². The Labute approximate surface area is 114 Å². The highest BCUT2D eigenvalue weighted by Gasteiger charge is 2.13. The second-order valence-corrected chi connectivity index (χ2v) is 4.79. The molecule has 19 heavy (non-hydrogen) atoms. The molecule has 0 saturated heterocycles. The van der Waals surface area contributed by atoms with E-state index in [1.54, 1.807) is 7.11 Å². The fraction of sp³-hybridized carbons (Fsp3) is 0.500. The van der Waals surface area contributed by atoms with Crippen LogP contribution in [0.25, 0.3) is 11.0 Å². The first-order chi connectivity index (χ1) is 9.30. The standard InChI is InChI=1S/C16H23NO2/c1-4-6-13-14-8-7-12(18-3)10-15(14)19-16(13)11-17-9-5-2/h7-8,10,17H,4-6,9,11H2,1-3H3. The Morgan fingerprint density at radius 1 is 1.21 bits per heavy atom. The third-order valence-corrected chi connectivity index (χ3v) is 3.30. The fourth-order valence-electron chi connectivity index (χ4n) is 2.35. The largest absolute Gasteiger partial charge is 0.497 e. The van der Waals surface area contributed by atoms with Crippen LogP contribution in [0, 0.1) is 0 Å². The Hall–Kier alpha value is -1.48. The van der Waals surface area contributed by atoms with Crippen molar-refractivity contribution in [2.45, 2.75) is 39.7 Å². The molecule has 1 N–H and O–H groups in total. The molecule has 2 rings (SSSR count). The van der Waals surface area contributed by atoms with Crippen molar-refractivity contribution in [2.75, 3.05) is 13.7 Å². The lowest BCUT2D eigenvalue weighted by molar-refractivity contribution is 0.414. The molecule has 3 heteroatoms. The minimum Gasteiger partial charge on any atom is -0.497 e. The maximum Gasteiger partial charge on any atom is 0.138 e. The Balaban J connectivity index is 2.34. The SMILES string of the molecule is CCCNCc1oc2cc(OC)ccc2c1CCC. The summed E-state index contributed by atoms with van der Waals surface area (Å²) in [7, 11) is 1.68. The number of methoxy groups -OCH3 is 1. The monoisotopic (exact) mass is 261 g/mol. The number of ether oxygens (including phenoxy) is 1. The number of hydrogen-bond donors (Lipinski definition) is 1. The molecule has 0 aliphatic carbocycles. The van der Waals surface area contributed by atoms with Gasteiger partial charge in [0.15, 0.2) is 0 Å². The summed E-state index contributed by atoms with van der Waals surface area (Å²) in [5.41, 5.74) is 2.26. The van der Waals surface area contributed by atoms with Crippen LogP contribution in [0.15, 0.2) is 22.6 Å². The molecule has 104 valence electrons. The first-order valence-corrected chi connectivity index (χ1v) is 7.09. The zero-order valence-electron chi connectivity index (χ0n) is 12.1. The quantitative estimate of drug-likeness (QED) is 0.768. The highest BCUT2D eigenvalue weighted by molar-refractivity contribution is 5.83. The molecule has 1 aromatic carbocycles. The molecule has 0 unspecified atom stereocenters. The first kappa shape index (κ1) is 13.9. The summed E-state index contributed by atoms with van der Waals surface area (Å²) in [5, 5.41) is 4.63. The van der Waals surface area contributed by atoms with Gasteiger partial charge in [0.2, 0.25) is 0 Å². The molecular weight excluding hydrogens is 238 g/mol. The van der Waals surface area contributed by atoms with Gasteiger partial charge in [-0.3, -0.25) is 0 Å². The third-order valence-electron chi connectivity index (χ3n) is 3.30. The number of furan rings is 1. The van der Waals surface area contributed by atoms with Crippen molar-refractivity contribution in [2.24, 2.45) is 0 Å². The predicted molar refractivity (Wildman–Crippen MR) is 78.8 cm³/mol. The average Bonchev–Trinajstić information content (AvgIpc) is 2.77. The summed E-state index contributed by atoms with van der Waals surface area (Å²) in [5.74, 6) is 1.91. The number of rotatable bonds is 7. The highest BCUT2D eigenvalue weighted by Crippen LogP contribution is 2.30. The van der Waals surface area contributed by atoms with Crippen LogP contribution in [-0.2, 0) is 13.0 Å². The molecule has 0 spiro atoms. The van der Waals surface area contributed by atoms with Gasteiger partial charge in [0.25, 0.3) is 0 Å². The van der Waals surface area contributed by atoms with E-state index >= 15 is 0 Å². The van der Waals surface area contributed by atoms with E-state index in [9.17, 15) is 0 Å². The highest BCUT2D eigenvalue weighted by atomic mass is 16.5. The number of fused-ring (bicyclic) bond motifs is 1. The van der Waals surface area contributed by atoms with Crippen molar-refractivity contribution in [1.29, 1.82) is 0 Å². The van der Waals surface area contributed by atoms with Crippen LogP contribution in [0.3, 0.4) is 0 Å². The second kappa shape index (κ2) is 6.62. The van der Waals surface area contributed by atoms with E-state index < -0.39 is 0 Å². The summed E-state index contributed by atoms with van der Waals surface area (Å²) < 4.78 is 11.3. The van der Waals surface area contributed by atoms with Crippen LogP contribution in [0.1, 0.15) is 38.0 Å². The number of hydrogen-bond acceptors (Lipinski definition) is 3. The smallest absolute Gasteiger partial charge is 0.138 e. The van der Waals surface area contributed by atoms with Crippen molar-refractivity contribution in [3.8, 4) is 5.75 Å². The topological polar surface area (TPSA) is 34.4 Å². The summed E-state index contributed by atoms with van der Waals surface area (Å²) in [6.07, 6.45) is 3.32. The van der Waals surface area contributed by atoms with Crippen LogP contribution in [0.5, 0.6) is 5.75 Å². The summed E-state index contributed by atoms with van der Waals surface area (Å²) in [4.78, 5) is 0. The molecule has 1 heterocycles. The predicted octanol–water partition coefficient (Wildman–Crippen LogP) is 3.89. The van der Waals surface area contributed by atoms with Crippen molar-refractivity contribution >= 4 is 11.0 Å². The van der Waals surface area contributed by atoms with Gasteiger partial charge in [-0.2, -0.15) is 0 Å². The molecule has 0 bridgehead atoms. The van der Waals surface area contributed by atoms with Gasteiger partial charge in [-0.25, -0.2) is 0 Å². The molecule has 0 saturated carbocycles. The number of aryl methyl sites for hydroxylation is 1. The van der Waals surface area contributed by atoms with E-state index in [1.807, 2.05) is 12.1 Å². The van der Waals surface area contributed by atoms with Gasteiger partial charge in [-0.15, -0.1) is 0 Å². The Bertz CT molecular complexity index is 531. The van der Waals surface area contributed by atoms with E-state index in [2.05, 4.69) is 25.2 Å². The van der Waals surface area contributed by atoms with Crippen molar-refractivity contribution < 1.29 is 9.15 Å². The summed E-state index contributed by atoms with van der Waals surface area (Å²) in [6, 6.07) is 6.07. The van der Waals surface area contributed by atoms with E-state index in [4.69, 9.17) is 9.15 Å². The molecule has 1 aromatic heterocycles. The molecule has 3 nitrogen and oxygen atoms in total. The van der Waals surface area contributed by atoms with Gasteiger partial charge in [0.1, 0.15) is 17.1 Å². The molecule has 0 radical (unpaired) electrons. The van der Waals surface area contributed by atoms with Gasteiger partial charge in [-0.1, -0.05) is 20.3 Å². The van der Waals surface area contributed by atoms with Gasteiger partial charge in [0, 0.05) is 17.0 Å². The second-order valence-electron chi connectivity index (χ2n) is 4.79. The van der Waals surface area contributed by atoms with Gasteiger partial charge in [0.05, 0.1) is 13.7 Å². The number of nitrogens with one attached hydrogen (secondary N) is 1. The van der Waals surface area contributed by atoms with Gasteiger partial charge in [-0.05, 0) is 31.5 Å². The number of benzene rings is 1. The lowest BCUT2D eigenvalue weighted by Crippen LogP contribution is -2.14. The molecule has 2 aromatic rings. The molecular formula is C16H23NO2. The third kappa shape index (κ3) is 3.10. The van der Waals surface area contributed by atoms with E-state index in [1.165, 1.54) is 10.9 Å². The molecule has 0 aliphatic heterocycles.